The van der Waals surface area contributed by atoms with E-state index in [4.69, 9.17) is 0 Å². The van der Waals surface area contributed by atoms with Gasteiger partial charge in [0.1, 0.15) is 5.82 Å². The Morgan fingerprint density at radius 2 is 2.10 bits per heavy atom. The molecule has 0 bridgehead atoms. The van der Waals surface area contributed by atoms with Crippen molar-refractivity contribution in [1.29, 1.82) is 0 Å². The van der Waals surface area contributed by atoms with E-state index in [0.717, 1.165) is 5.56 Å². The van der Waals surface area contributed by atoms with Gasteiger partial charge in [-0.3, -0.25) is 9.78 Å². The number of nitrogens with one attached hydrogen (secondary N) is 2. The first-order valence-corrected chi connectivity index (χ1v) is 6.34. The van der Waals surface area contributed by atoms with E-state index >= 15 is 0 Å². The third kappa shape index (κ3) is 3.86. The van der Waals surface area contributed by atoms with Crippen LogP contribution in [0.5, 0.6) is 0 Å². The van der Waals surface area contributed by atoms with Crippen LogP contribution in [-0.2, 0) is 4.79 Å². The van der Waals surface area contributed by atoms with Gasteiger partial charge in [0.2, 0.25) is 5.91 Å². The van der Waals surface area contributed by atoms with Gasteiger partial charge in [0.15, 0.2) is 0 Å². The maximum absolute atomic E-state index is 13.4. The first-order valence-electron chi connectivity index (χ1n) is 6.34. The molecule has 1 aromatic heterocycles. The Hall–Kier alpha value is -2.27. The van der Waals surface area contributed by atoms with E-state index in [2.05, 4.69) is 15.6 Å². The Kier molecular flexibility index (Phi) is 4.79. The summed E-state index contributed by atoms with van der Waals surface area (Å²) in [4.78, 5) is 15.8. The van der Waals surface area contributed by atoms with Gasteiger partial charge in [-0.2, -0.15) is 0 Å². The molecule has 0 saturated carbocycles. The number of aromatic nitrogens is 1. The van der Waals surface area contributed by atoms with E-state index in [9.17, 15) is 9.18 Å². The molecule has 1 atom stereocenters. The molecule has 4 nitrogen and oxygen atoms in total. The van der Waals surface area contributed by atoms with E-state index in [1.165, 1.54) is 12.1 Å². The Bertz CT molecular complexity index is 574. The average molecular weight is 273 g/mol. The number of para-hydroxylation sites is 1. The predicted octanol–water partition coefficient (Wildman–Crippen LogP) is 2.51. The van der Waals surface area contributed by atoms with Crippen molar-refractivity contribution in [2.75, 3.05) is 11.9 Å². The second-order valence-corrected chi connectivity index (χ2v) is 4.42. The summed E-state index contributed by atoms with van der Waals surface area (Å²) in [6.07, 6.45) is 3.44. The minimum absolute atomic E-state index is 0.00456. The molecule has 5 heteroatoms. The third-order valence-electron chi connectivity index (χ3n) is 2.90. The highest BCUT2D eigenvalue weighted by Gasteiger charge is 2.09. The van der Waals surface area contributed by atoms with E-state index in [-0.39, 0.29) is 24.2 Å². The topological polar surface area (TPSA) is 54.0 Å². The highest BCUT2D eigenvalue weighted by molar-refractivity contribution is 5.92. The number of hydrogen-bond acceptors (Lipinski definition) is 3. The van der Waals surface area contributed by atoms with E-state index in [1.807, 2.05) is 19.1 Å². The van der Waals surface area contributed by atoms with Gasteiger partial charge < -0.3 is 10.6 Å². The van der Waals surface area contributed by atoms with Crippen LogP contribution in [0, 0.1) is 5.82 Å². The standard InChI is InChI=1S/C15H16FN3O/c1-11(12-5-4-8-17-9-12)18-10-15(20)19-14-7-3-2-6-13(14)16/h2-9,11,18H,10H2,1H3,(H,19,20)/t11-/m1/s1. The molecule has 2 aromatic rings. The van der Waals surface area contributed by atoms with Gasteiger partial charge in [-0.1, -0.05) is 18.2 Å². The van der Waals surface area contributed by atoms with Gasteiger partial charge in [-0.25, -0.2) is 4.39 Å². The molecule has 0 aliphatic rings. The molecule has 0 unspecified atom stereocenters. The molecule has 1 aromatic carbocycles. The van der Waals surface area contributed by atoms with Crippen LogP contribution in [0.4, 0.5) is 10.1 Å². The highest BCUT2D eigenvalue weighted by Crippen LogP contribution is 2.12. The summed E-state index contributed by atoms with van der Waals surface area (Å²) in [5.41, 5.74) is 1.18. The third-order valence-corrected chi connectivity index (χ3v) is 2.90. The summed E-state index contributed by atoms with van der Waals surface area (Å²) in [6, 6.07) is 9.85. The zero-order valence-corrected chi connectivity index (χ0v) is 11.1. The molecule has 104 valence electrons. The summed E-state index contributed by atoms with van der Waals surface area (Å²) in [7, 11) is 0. The largest absolute Gasteiger partial charge is 0.322 e. The molecule has 0 aliphatic heterocycles. The fourth-order valence-electron chi connectivity index (χ4n) is 1.75. The molecule has 0 radical (unpaired) electrons. The van der Waals surface area contributed by atoms with Crippen molar-refractivity contribution in [2.24, 2.45) is 0 Å². The minimum Gasteiger partial charge on any atom is -0.322 e. The van der Waals surface area contributed by atoms with Crippen LogP contribution in [-0.4, -0.2) is 17.4 Å². The van der Waals surface area contributed by atoms with Crippen molar-refractivity contribution in [3.05, 3.63) is 60.2 Å². The molecule has 0 spiro atoms. The SMILES string of the molecule is C[C@@H](NCC(=O)Nc1ccccc1F)c1cccnc1. The summed E-state index contributed by atoms with van der Waals surface area (Å²) in [6.45, 7) is 2.04. The number of carbonyl (C=O) groups excluding carboxylic acids is 1. The van der Waals surface area contributed by atoms with E-state index < -0.39 is 5.82 Å². The van der Waals surface area contributed by atoms with Gasteiger partial charge >= 0.3 is 0 Å². The number of pyridine rings is 1. The Labute approximate surface area is 117 Å². The number of halogens is 1. The van der Waals surface area contributed by atoms with Crippen LogP contribution >= 0.6 is 0 Å². The summed E-state index contributed by atoms with van der Waals surface area (Å²) >= 11 is 0. The van der Waals surface area contributed by atoms with Crippen molar-refractivity contribution in [2.45, 2.75) is 13.0 Å². The molecule has 1 heterocycles. The fraction of sp³-hybridized carbons (Fsp3) is 0.200. The van der Waals surface area contributed by atoms with Crippen molar-refractivity contribution in [3.8, 4) is 0 Å². The monoisotopic (exact) mass is 273 g/mol. The Morgan fingerprint density at radius 3 is 2.80 bits per heavy atom. The van der Waals surface area contributed by atoms with Crippen LogP contribution in [0.2, 0.25) is 0 Å². The Morgan fingerprint density at radius 1 is 1.30 bits per heavy atom. The van der Waals surface area contributed by atoms with Gasteiger partial charge in [0, 0.05) is 18.4 Å². The van der Waals surface area contributed by atoms with Crippen molar-refractivity contribution in [1.82, 2.24) is 10.3 Å². The van der Waals surface area contributed by atoms with Crippen LogP contribution < -0.4 is 10.6 Å². The molecule has 2 rings (SSSR count). The summed E-state index contributed by atoms with van der Waals surface area (Å²) < 4.78 is 13.4. The number of nitrogens with zero attached hydrogens (tertiary/aromatic N) is 1. The summed E-state index contributed by atoms with van der Waals surface area (Å²) in [5.74, 6) is -0.730. The lowest BCUT2D eigenvalue weighted by atomic mass is 10.1. The Balaban J connectivity index is 1.85. The lowest BCUT2D eigenvalue weighted by Crippen LogP contribution is -2.30. The second kappa shape index (κ2) is 6.77. The molecular weight excluding hydrogens is 257 g/mol. The maximum Gasteiger partial charge on any atom is 0.238 e. The van der Waals surface area contributed by atoms with E-state index in [0.29, 0.717) is 0 Å². The number of amides is 1. The first-order chi connectivity index (χ1) is 9.66. The number of carbonyl (C=O) groups is 1. The first kappa shape index (κ1) is 14.1. The van der Waals surface area contributed by atoms with Crippen molar-refractivity contribution < 1.29 is 9.18 Å². The molecule has 1 amide bonds. The molecule has 20 heavy (non-hydrogen) atoms. The number of anilines is 1. The smallest absolute Gasteiger partial charge is 0.238 e. The second-order valence-electron chi connectivity index (χ2n) is 4.42. The lowest BCUT2D eigenvalue weighted by molar-refractivity contribution is -0.115. The van der Waals surface area contributed by atoms with Gasteiger partial charge in [0.05, 0.1) is 12.2 Å². The molecule has 0 fully saturated rings. The number of hydrogen-bond donors (Lipinski definition) is 2. The van der Waals surface area contributed by atoms with Gasteiger partial charge in [-0.05, 0) is 30.7 Å². The quantitative estimate of drug-likeness (QED) is 0.880. The lowest BCUT2D eigenvalue weighted by Gasteiger charge is -2.13. The number of benzene rings is 1. The number of rotatable bonds is 5. The van der Waals surface area contributed by atoms with Gasteiger partial charge in [0.25, 0.3) is 0 Å². The highest BCUT2D eigenvalue weighted by atomic mass is 19.1. The average Bonchev–Trinajstić information content (AvgIpc) is 2.48. The summed E-state index contributed by atoms with van der Waals surface area (Å²) in [5, 5.41) is 5.59. The normalized spacial score (nSPS) is 11.9. The molecule has 0 saturated heterocycles. The predicted molar refractivity (Wildman–Crippen MR) is 75.7 cm³/mol. The van der Waals surface area contributed by atoms with Crippen LogP contribution in [0.25, 0.3) is 0 Å². The van der Waals surface area contributed by atoms with Crippen molar-refractivity contribution >= 4 is 11.6 Å². The van der Waals surface area contributed by atoms with Crippen molar-refractivity contribution in [3.63, 3.8) is 0 Å². The molecule has 0 aliphatic carbocycles. The fourth-order valence-corrected chi connectivity index (χ4v) is 1.75. The zero-order valence-electron chi connectivity index (χ0n) is 11.1. The zero-order chi connectivity index (χ0) is 14.4. The van der Waals surface area contributed by atoms with Crippen LogP contribution in [0.1, 0.15) is 18.5 Å². The maximum atomic E-state index is 13.4. The van der Waals surface area contributed by atoms with Crippen LogP contribution in [0.15, 0.2) is 48.8 Å². The molecule has 2 N–H and O–H groups in total. The van der Waals surface area contributed by atoms with E-state index in [1.54, 1.807) is 24.5 Å². The molecular formula is C15H16FN3O. The minimum atomic E-state index is -0.443. The van der Waals surface area contributed by atoms with Gasteiger partial charge in [-0.15, -0.1) is 0 Å². The van der Waals surface area contributed by atoms with Crippen LogP contribution in [0.3, 0.4) is 0 Å².